The Morgan fingerprint density at radius 1 is 1.07 bits per heavy atom. The number of hydrogen-bond acceptors (Lipinski definition) is 6. The van der Waals surface area contributed by atoms with Gasteiger partial charge in [0.25, 0.3) is 5.91 Å². The van der Waals surface area contributed by atoms with E-state index in [4.69, 9.17) is 0 Å². The Balaban J connectivity index is 1.36. The van der Waals surface area contributed by atoms with Crippen molar-refractivity contribution in [1.82, 2.24) is 9.62 Å². The maximum atomic E-state index is 12.6. The highest BCUT2D eigenvalue weighted by molar-refractivity contribution is 7.89. The summed E-state index contributed by atoms with van der Waals surface area (Å²) in [6, 6.07) is 13.6. The minimum atomic E-state index is -3.48. The smallest absolute Gasteiger partial charge is 0.251 e. The van der Waals surface area contributed by atoms with E-state index >= 15 is 0 Å². The molecular weight excluding hydrogens is 440 g/mol. The molecule has 1 atom stereocenters. The molecule has 3 heterocycles. The van der Waals surface area contributed by atoms with Crippen LogP contribution in [0, 0.1) is 0 Å². The number of aliphatic hydroxyl groups excluding tert-OH is 1. The van der Waals surface area contributed by atoms with E-state index in [1.54, 1.807) is 12.1 Å². The van der Waals surface area contributed by atoms with Crippen molar-refractivity contribution in [3.63, 3.8) is 0 Å². The molecule has 1 saturated heterocycles. The second-order valence-corrected chi connectivity index (χ2v) is 11.2. The quantitative estimate of drug-likeness (QED) is 0.562. The molecule has 158 valence electrons. The molecule has 4 rings (SSSR count). The first kappa shape index (κ1) is 21.2. The first-order chi connectivity index (χ1) is 14.4. The highest BCUT2D eigenvalue weighted by atomic mass is 32.2. The molecular formula is C21H22N2O4S3. The van der Waals surface area contributed by atoms with Crippen LogP contribution in [-0.2, 0) is 16.6 Å². The minimum absolute atomic E-state index is 0.214. The number of aliphatic hydroxyl groups is 1. The van der Waals surface area contributed by atoms with Crippen molar-refractivity contribution >= 4 is 38.6 Å². The topological polar surface area (TPSA) is 86.7 Å². The van der Waals surface area contributed by atoms with Gasteiger partial charge in [-0.3, -0.25) is 4.79 Å². The van der Waals surface area contributed by atoms with Crippen molar-refractivity contribution in [2.75, 3.05) is 13.1 Å². The largest absolute Gasteiger partial charge is 0.382 e. The summed E-state index contributed by atoms with van der Waals surface area (Å²) in [4.78, 5) is 15.3. The van der Waals surface area contributed by atoms with Crippen LogP contribution in [0.2, 0.25) is 0 Å². The maximum Gasteiger partial charge on any atom is 0.251 e. The van der Waals surface area contributed by atoms with Gasteiger partial charge >= 0.3 is 0 Å². The molecule has 1 amide bonds. The van der Waals surface area contributed by atoms with Crippen LogP contribution in [0.5, 0.6) is 0 Å². The summed E-state index contributed by atoms with van der Waals surface area (Å²) in [5, 5.41) is 15.2. The highest BCUT2D eigenvalue weighted by Crippen LogP contribution is 2.31. The van der Waals surface area contributed by atoms with Gasteiger partial charge in [-0.05, 0) is 60.7 Å². The molecule has 0 spiro atoms. The number of carbonyl (C=O) groups excluding carboxylic acids is 1. The summed E-state index contributed by atoms with van der Waals surface area (Å²) in [6.07, 6.45) is 1.12. The molecule has 0 saturated carbocycles. The van der Waals surface area contributed by atoms with Gasteiger partial charge in [0.05, 0.1) is 11.4 Å². The second-order valence-electron chi connectivity index (χ2n) is 7.04. The van der Waals surface area contributed by atoms with Crippen LogP contribution >= 0.6 is 22.7 Å². The summed E-state index contributed by atoms with van der Waals surface area (Å²) in [5.41, 5.74) is 0.408. The fourth-order valence-electron chi connectivity index (χ4n) is 3.35. The normalized spacial score (nSPS) is 15.9. The average molecular weight is 463 g/mol. The van der Waals surface area contributed by atoms with Gasteiger partial charge in [-0.1, -0.05) is 6.07 Å². The van der Waals surface area contributed by atoms with Gasteiger partial charge < -0.3 is 10.4 Å². The molecule has 2 N–H and O–H groups in total. The van der Waals surface area contributed by atoms with Crippen LogP contribution in [0.25, 0.3) is 0 Å². The van der Waals surface area contributed by atoms with Crippen molar-refractivity contribution < 1.29 is 18.3 Å². The molecule has 1 aliphatic rings. The Morgan fingerprint density at radius 3 is 2.47 bits per heavy atom. The molecule has 1 unspecified atom stereocenters. The molecule has 0 bridgehead atoms. The minimum Gasteiger partial charge on any atom is -0.382 e. The molecule has 9 heteroatoms. The molecule has 0 radical (unpaired) electrons. The van der Waals surface area contributed by atoms with Crippen LogP contribution in [0.15, 0.2) is 58.8 Å². The Kier molecular flexibility index (Phi) is 6.35. The lowest BCUT2D eigenvalue weighted by atomic mass is 10.2. The fraction of sp³-hybridized carbons (Fsp3) is 0.286. The number of amides is 1. The van der Waals surface area contributed by atoms with E-state index in [1.807, 2.05) is 29.6 Å². The molecule has 2 aromatic heterocycles. The Bertz CT molecular complexity index is 1100. The first-order valence-corrected chi connectivity index (χ1v) is 12.8. The highest BCUT2D eigenvalue weighted by Gasteiger charge is 2.27. The number of rotatable bonds is 7. The predicted molar refractivity (Wildman–Crippen MR) is 118 cm³/mol. The number of thiophene rings is 2. The molecule has 3 aromatic rings. The SMILES string of the molecule is O=C(NCc1ccc(C(O)c2cccs2)s1)c1ccc(S(=O)(=O)N2CCCC2)cc1. The van der Waals surface area contributed by atoms with Crippen LogP contribution in [-0.4, -0.2) is 36.8 Å². The third-order valence-corrected chi connectivity index (χ3v) is 8.98. The summed E-state index contributed by atoms with van der Waals surface area (Å²) in [7, 11) is -3.48. The van der Waals surface area contributed by atoms with Crippen molar-refractivity contribution in [3.8, 4) is 0 Å². The molecule has 1 aromatic carbocycles. The van der Waals surface area contributed by atoms with Crippen molar-refractivity contribution in [3.05, 3.63) is 74.1 Å². The fourth-order valence-corrected chi connectivity index (χ4v) is 6.63. The lowest BCUT2D eigenvalue weighted by Gasteiger charge is -2.15. The number of carbonyl (C=O) groups is 1. The molecule has 0 aliphatic carbocycles. The Labute approximate surface area is 183 Å². The third-order valence-electron chi connectivity index (χ3n) is 5.01. The van der Waals surface area contributed by atoms with E-state index in [-0.39, 0.29) is 10.8 Å². The summed E-state index contributed by atoms with van der Waals surface area (Å²) >= 11 is 2.96. The average Bonchev–Trinajstić information content (AvgIpc) is 3.53. The van der Waals surface area contributed by atoms with E-state index in [1.165, 1.54) is 39.1 Å². The number of hydrogen-bond donors (Lipinski definition) is 2. The molecule has 1 fully saturated rings. The maximum absolute atomic E-state index is 12.6. The molecule has 6 nitrogen and oxygen atoms in total. The van der Waals surface area contributed by atoms with Crippen molar-refractivity contribution in [2.24, 2.45) is 0 Å². The second kappa shape index (κ2) is 8.99. The number of nitrogens with zero attached hydrogens (tertiary/aromatic N) is 1. The zero-order valence-electron chi connectivity index (χ0n) is 16.2. The van der Waals surface area contributed by atoms with Crippen LogP contribution in [0.4, 0.5) is 0 Å². The van der Waals surface area contributed by atoms with Gasteiger partial charge in [-0.2, -0.15) is 4.31 Å². The molecule has 1 aliphatic heterocycles. The van der Waals surface area contributed by atoms with E-state index in [0.717, 1.165) is 27.5 Å². The van der Waals surface area contributed by atoms with E-state index in [2.05, 4.69) is 5.32 Å². The zero-order chi connectivity index (χ0) is 21.1. The van der Waals surface area contributed by atoms with Gasteiger partial charge in [0.15, 0.2) is 0 Å². The Hall–Kier alpha value is -2.04. The van der Waals surface area contributed by atoms with Crippen LogP contribution in [0.1, 0.15) is 43.9 Å². The van der Waals surface area contributed by atoms with Gasteiger partial charge in [-0.25, -0.2) is 8.42 Å². The van der Waals surface area contributed by atoms with E-state index in [9.17, 15) is 18.3 Å². The van der Waals surface area contributed by atoms with Gasteiger partial charge in [0.1, 0.15) is 6.10 Å². The summed E-state index contributed by atoms with van der Waals surface area (Å²) in [5.74, 6) is -0.270. The molecule has 30 heavy (non-hydrogen) atoms. The van der Waals surface area contributed by atoms with Gasteiger partial charge in [0, 0.05) is 33.3 Å². The van der Waals surface area contributed by atoms with Crippen LogP contribution in [0.3, 0.4) is 0 Å². The predicted octanol–water partition coefficient (Wildman–Crippen LogP) is 3.61. The van der Waals surface area contributed by atoms with Gasteiger partial charge in [0.2, 0.25) is 10.0 Å². The third kappa shape index (κ3) is 4.50. The monoisotopic (exact) mass is 462 g/mol. The van der Waals surface area contributed by atoms with E-state index < -0.39 is 16.1 Å². The number of benzene rings is 1. The van der Waals surface area contributed by atoms with Crippen molar-refractivity contribution in [1.29, 1.82) is 0 Å². The lowest BCUT2D eigenvalue weighted by molar-refractivity contribution is 0.0951. The standard InChI is InChI=1S/C21H22N2O4S3/c24-20(18-4-3-13-28-18)19-10-7-16(29-19)14-22-21(25)15-5-8-17(9-6-15)30(26,27)23-11-1-2-12-23/h3-10,13,20,24H,1-2,11-12,14H2,(H,22,25). The summed E-state index contributed by atoms with van der Waals surface area (Å²) in [6.45, 7) is 1.44. The number of nitrogens with one attached hydrogen (secondary N) is 1. The van der Waals surface area contributed by atoms with Crippen molar-refractivity contribution in [2.45, 2.75) is 30.4 Å². The number of sulfonamides is 1. The lowest BCUT2D eigenvalue weighted by Crippen LogP contribution is -2.28. The zero-order valence-corrected chi connectivity index (χ0v) is 18.6. The van der Waals surface area contributed by atoms with E-state index in [0.29, 0.717) is 25.2 Å². The Morgan fingerprint density at radius 2 is 1.80 bits per heavy atom. The van der Waals surface area contributed by atoms with Crippen LogP contribution < -0.4 is 5.32 Å². The summed E-state index contributed by atoms with van der Waals surface area (Å²) < 4.78 is 26.6. The van der Waals surface area contributed by atoms with Gasteiger partial charge in [-0.15, -0.1) is 22.7 Å². The first-order valence-electron chi connectivity index (χ1n) is 9.63.